The fourth-order valence-corrected chi connectivity index (χ4v) is 5.64. The van der Waals surface area contributed by atoms with Crippen LogP contribution >= 0.6 is 0 Å². The van der Waals surface area contributed by atoms with Gasteiger partial charge in [-0.15, -0.1) is 0 Å². The van der Waals surface area contributed by atoms with Crippen molar-refractivity contribution in [3.8, 4) is 0 Å². The summed E-state index contributed by atoms with van der Waals surface area (Å²) in [7, 11) is 1.62. The number of fused-ring (bicyclic) bond motifs is 1. The molecule has 180 valence electrons. The fourth-order valence-electron chi connectivity index (χ4n) is 5.64. The summed E-state index contributed by atoms with van der Waals surface area (Å²) in [5.41, 5.74) is 1.83. The summed E-state index contributed by atoms with van der Waals surface area (Å²) >= 11 is 0. The quantitative estimate of drug-likeness (QED) is 0.661. The van der Waals surface area contributed by atoms with Crippen molar-refractivity contribution in [2.45, 2.75) is 76.8 Å². The second-order valence-corrected chi connectivity index (χ2v) is 9.83. The van der Waals surface area contributed by atoms with E-state index in [2.05, 4.69) is 10.2 Å². The molecule has 0 bridgehead atoms. The SMILES string of the molecule is COC[C@@H](C)NC(=O)[C@@H]1CCCN(c2cccc3c2C(=O)N(C2CCCCCCC2)C3=O)C1. The number of rotatable bonds is 6. The molecule has 1 N–H and O–H groups in total. The van der Waals surface area contributed by atoms with Crippen molar-refractivity contribution in [1.82, 2.24) is 10.2 Å². The summed E-state index contributed by atoms with van der Waals surface area (Å²) in [5, 5.41) is 3.03. The van der Waals surface area contributed by atoms with E-state index in [1.807, 2.05) is 19.1 Å². The highest BCUT2D eigenvalue weighted by atomic mass is 16.5. The number of piperidine rings is 1. The van der Waals surface area contributed by atoms with Gasteiger partial charge in [0, 0.05) is 32.3 Å². The molecule has 1 aromatic carbocycles. The number of amides is 3. The van der Waals surface area contributed by atoms with Gasteiger partial charge in [0.25, 0.3) is 11.8 Å². The van der Waals surface area contributed by atoms with Crippen molar-refractivity contribution in [1.29, 1.82) is 0 Å². The lowest BCUT2D eigenvalue weighted by Gasteiger charge is -2.35. The van der Waals surface area contributed by atoms with E-state index in [0.29, 0.717) is 24.3 Å². The number of benzene rings is 1. The van der Waals surface area contributed by atoms with Gasteiger partial charge in [-0.25, -0.2) is 0 Å². The van der Waals surface area contributed by atoms with E-state index in [9.17, 15) is 14.4 Å². The molecule has 3 aliphatic rings. The second kappa shape index (κ2) is 10.7. The van der Waals surface area contributed by atoms with E-state index < -0.39 is 0 Å². The topological polar surface area (TPSA) is 79.0 Å². The van der Waals surface area contributed by atoms with Crippen LogP contribution in [0.3, 0.4) is 0 Å². The summed E-state index contributed by atoms with van der Waals surface area (Å²) < 4.78 is 5.13. The standard InChI is InChI=1S/C26H37N3O4/c1-18(17-33-2)27-24(30)19-10-9-15-28(16-19)22-14-8-13-21-23(22)26(32)29(25(21)31)20-11-6-4-3-5-7-12-20/h8,13-14,18-20H,3-7,9-12,15-17H2,1-2H3,(H,27,30)/t18-,19-/m1/s1. The van der Waals surface area contributed by atoms with Crippen LogP contribution in [0.5, 0.6) is 0 Å². The predicted octanol–water partition coefficient (Wildman–Crippen LogP) is 3.76. The lowest BCUT2D eigenvalue weighted by Crippen LogP contribution is -2.46. The van der Waals surface area contributed by atoms with Crippen molar-refractivity contribution in [3.05, 3.63) is 29.3 Å². The Kier molecular flexibility index (Phi) is 7.68. The van der Waals surface area contributed by atoms with Crippen molar-refractivity contribution in [2.24, 2.45) is 5.92 Å². The molecule has 4 rings (SSSR count). The van der Waals surface area contributed by atoms with Crippen LogP contribution in [-0.2, 0) is 9.53 Å². The molecular formula is C26H37N3O4. The van der Waals surface area contributed by atoms with Gasteiger partial charge in [0.2, 0.25) is 5.91 Å². The average molecular weight is 456 g/mol. The van der Waals surface area contributed by atoms with Gasteiger partial charge in [0.1, 0.15) is 0 Å². The van der Waals surface area contributed by atoms with Crippen LogP contribution in [0.2, 0.25) is 0 Å². The zero-order chi connectivity index (χ0) is 23.4. The molecule has 2 heterocycles. The Morgan fingerprint density at radius 1 is 1.06 bits per heavy atom. The molecule has 0 unspecified atom stereocenters. The summed E-state index contributed by atoms with van der Waals surface area (Å²) in [4.78, 5) is 43.4. The number of hydrogen-bond acceptors (Lipinski definition) is 5. The maximum atomic E-state index is 13.6. The van der Waals surface area contributed by atoms with E-state index in [-0.39, 0.29) is 35.7 Å². The largest absolute Gasteiger partial charge is 0.383 e. The Labute approximate surface area is 196 Å². The average Bonchev–Trinajstić information content (AvgIpc) is 3.04. The van der Waals surface area contributed by atoms with Gasteiger partial charge in [0.05, 0.1) is 29.3 Å². The van der Waals surface area contributed by atoms with Gasteiger partial charge in [-0.1, -0.05) is 38.2 Å². The number of ether oxygens (including phenoxy) is 1. The molecule has 2 atom stereocenters. The van der Waals surface area contributed by atoms with Gasteiger partial charge >= 0.3 is 0 Å². The van der Waals surface area contributed by atoms with E-state index in [4.69, 9.17) is 4.74 Å². The summed E-state index contributed by atoms with van der Waals surface area (Å²) in [6.45, 7) is 3.73. The highest BCUT2D eigenvalue weighted by Crippen LogP contribution is 2.36. The lowest BCUT2D eigenvalue weighted by atomic mass is 9.95. The number of anilines is 1. The smallest absolute Gasteiger partial charge is 0.263 e. The highest BCUT2D eigenvalue weighted by molar-refractivity contribution is 6.24. The summed E-state index contributed by atoms with van der Waals surface area (Å²) in [6.07, 6.45) is 9.19. The molecule has 1 saturated carbocycles. The molecule has 33 heavy (non-hydrogen) atoms. The van der Waals surface area contributed by atoms with Crippen LogP contribution in [0, 0.1) is 5.92 Å². The van der Waals surface area contributed by atoms with Gasteiger partial charge in [-0.05, 0) is 44.7 Å². The third kappa shape index (κ3) is 5.08. The lowest BCUT2D eigenvalue weighted by molar-refractivity contribution is -0.126. The van der Waals surface area contributed by atoms with Crippen LogP contribution in [0.1, 0.15) is 85.4 Å². The third-order valence-electron chi connectivity index (χ3n) is 7.30. The number of carbonyl (C=O) groups is 3. The first kappa shape index (κ1) is 23.7. The molecule has 2 aliphatic heterocycles. The number of nitrogens with zero attached hydrogens (tertiary/aromatic N) is 2. The third-order valence-corrected chi connectivity index (χ3v) is 7.30. The normalized spacial score (nSPS) is 23.2. The predicted molar refractivity (Wildman–Crippen MR) is 127 cm³/mol. The van der Waals surface area contributed by atoms with E-state index in [1.54, 1.807) is 18.1 Å². The van der Waals surface area contributed by atoms with Crippen molar-refractivity contribution in [3.63, 3.8) is 0 Å². The minimum absolute atomic E-state index is 0.00676. The monoisotopic (exact) mass is 455 g/mol. The zero-order valence-electron chi connectivity index (χ0n) is 20.0. The van der Waals surface area contributed by atoms with Crippen LogP contribution in [0.15, 0.2) is 18.2 Å². The van der Waals surface area contributed by atoms with Crippen LogP contribution in [-0.4, -0.2) is 61.5 Å². The minimum Gasteiger partial charge on any atom is -0.383 e. The molecule has 0 aromatic heterocycles. The van der Waals surface area contributed by atoms with Crippen molar-refractivity contribution < 1.29 is 19.1 Å². The van der Waals surface area contributed by atoms with Gasteiger partial charge in [-0.2, -0.15) is 0 Å². The molecule has 3 amide bonds. The maximum Gasteiger partial charge on any atom is 0.263 e. The number of nitrogens with one attached hydrogen (secondary N) is 1. The Morgan fingerprint density at radius 2 is 1.79 bits per heavy atom. The fraction of sp³-hybridized carbons (Fsp3) is 0.654. The van der Waals surface area contributed by atoms with E-state index in [1.165, 1.54) is 19.3 Å². The molecule has 7 heteroatoms. The number of carbonyl (C=O) groups excluding carboxylic acids is 3. The second-order valence-electron chi connectivity index (χ2n) is 9.83. The Balaban J connectivity index is 1.53. The van der Waals surface area contributed by atoms with Crippen LogP contribution in [0.25, 0.3) is 0 Å². The van der Waals surface area contributed by atoms with Gasteiger partial charge in [-0.3, -0.25) is 19.3 Å². The Bertz CT molecular complexity index is 878. The van der Waals surface area contributed by atoms with Crippen LogP contribution < -0.4 is 10.2 Å². The maximum absolute atomic E-state index is 13.6. The minimum atomic E-state index is -0.156. The Hall–Kier alpha value is -2.41. The molecule has 1 aliphatic carbocycles. The van der Waals surface area contributed by atoms with Gasteiger partial charge < -0.3 is 15.0 Å². The van der Waals surface area contributed by atoms with Gasteiger partial charge in [0.15, 0.2) is 0 Å². The first-order chi connectivity index (χ1) is 16.0. The number of imide groups is 1. The number of methoxy groups -OCH3 is 1. The molecule has 1 aromatic rings. The van der Waals surface area contributed by atoms with E-state index in [0.717, 1.165) is 50.8 Å². The molecule has 2 fully saturated rings. The molecular weight excluding hydrogens is 418 g/mol. The Morgan fingerprint density at radius 3 is 2.52 bits per heavy atom. The first-order valence-electron chi connectivity index (χ1n) is 12.6. The summed E-state index contributed by atoms with van der Waals surface area (Å²) in [6, 6.07) is 5.52. The van der Waals surface area contributed by atoms with Crippen LogP contribution in [0.4, 0.5) is 5.69 Å². The molecule has 7 nitrogen and oxygen atoms in total. The molecule has 1 saturated heterocycles. The molecule has 0 radical (unpaired) electrons. The molecule has 0 spiro atoms. The highest BCUT2D eigenvalue weighted by Gasteiger charge is 2.42. The zero-order valence-corrected chi connectivity index (χ0v) is 20.0. The number of hydrogen-bond donors (Lipinski definition) is 1. The van der Waals surface area contributed by atoms with Crippen molar-refractivity contribution >= 4 is 23.4 Å². The summed E-state index contributed by atoms with van der Waals surface area (Å²) in [5.74, 6) is -0.434. The van der Waals surface area contributed by atoms with Crippen molar-refractivity contribution in [2.75, 3.05) is 31.7 Å². The first-order valence-corrected chi connectivity index (χ1v) is 12.6. The van der Waals surface area contributed by atoms with E-state index >= 15 is 0 Å².